The predicted octanol–water partition coefficient (Wildman–Crippen LogP) is 6.57. The summed E-state index contributed by atoms with van der Waals surface area (Å²) in [6.45, 7) is 6.26. The largest absolute Gasteiger partial charge is 0.493 e. The van der Waals surface area contributed by atoms with Crippen LogP contribution in [-0.4, -0.2) is 33.1 Å². The molecule has 3 aromatic rings. The lowest BCUT2D eigenvalue weighted by Gasteiger charge is -2.37. The first-order chi connectivity index (χ1) is 17.1. The number of carbonyl (C=O) groups excluding carboxylic acids is 1. The summed E-state index contributed by atoms with van der Waals surface area (Å²) in [5.74, 6) is 1.62. The van der Waals surface area contributed by atoms with E-state index in [0.29, 0.717) is 17.9 Å². The third kappa shape index (κ3) is 4.20. The number of Topliss-reactive ketones (excluding diaryl/α,β-unsaturated/α-hetero) is 1. The van der Waals surface area contributed by atoms with Crippen LogP contribution in [-0.2, 0) is 4.79 Å². The number of hydrogen-bond acceptors (Lipinski definition) is 6. The van der Waals surface area contributed by atoms with Crippen LogP contribution in [0.3, 0.4) is 0 Å². The normalized spacial score (nSPS) is 19.0. The highest BCUT2D eigenvalue weighted by Gasteiger charge is 2.39. The molecule has 182 valence electrons. The fourth-order valence-electron chi connectivity index (χ4n) is 5.48. The number of methoxy groups -OCH3 is 2. The van der Waals surface area contributed by atoms with Crippen LogP contribution in [0.25, 0.3) is 0 Å². The first-order valence-electron chi connectivity index (χ1n) is 12.2. The Morgan fingerprint density at radius 1 is 1.00 bits per heavy atom. The van der Waals surface area contributed by atoms with Crippen molar-refractivity contribution >= 4 is 28.5 Å². The minimum absolute atomic E-state index is 0.149. The summed E-state index contributed by atoms with van der Waals surface area (Å²) in [6.07, 6.45) is 1.36. The maximum atomic E-state index is 13.7. The molecule has 0 saturated heterocycles. The van der Waals surface area contributed by atoms with Gasteiger partial charge in [0.2, 0.25) is 0 Å². The summed E-state index contributed by atoms with van der Waals surface area (Å²) in [6, 6.07) is 16.9. The van der Waals surface area contributed by atoms with Crippen LogP contribution >= 0.6 is 11.3 Å². The van der Waals surface area contributed by atoms with Gasteiger partial charge in [-0.2, -0.15) is 0 Å². The number of anilines is 2. The Kier molecular flexibility index (Phi) is 6.56. The van der Waals surface area contributed by atoms with Crippen molar-refractivity contribution in [2.45, 2.75) is 38.5 Å². The molecule has 0 radical (unpaired) electrons. The van der Waals surface area contributed by atoms with E-state index in [9.17, 15) is 4.79 Å². The van der Waals surface area contributed by atoms with Gasteiger partial charge in [0, 0.05) is 64.9 Å². The summed E-state index contributed by atoms with van der Waals surface area (Å²) < 4.78 is 11.2. The topological polar surface area (TPSA) is 50.8 Å². The number of fused-ring (bicyclic) bond motifs is 1. The van der Waals surface area contributed by atoms with Crippen LogP contribution in [0.1, 0.15) is 54.5 Å². The molecule has 6 heteroatoms. The molecule has 1 N–H and O–H groups in total. The van der Waals surface area contributed by atoms with Crippen molar-refractivity contribution < 1.29 is 14.3 Å². The average molecular weight is 489 g/mol. The lowest BCUT2D eigenvalue weighted by molar-refractivity contribution is -0.116. The van der Waals surface area contributed by atoms with Crippen LogP contribution in [0.4, 0.5) is 11.4 Å². The minimum atomic E-state index is -0.149. The fraction of sp³-hybridized carbons (Fsp3) is 0.345. The van der Waals surface area contributed by atoms with Gasteiger partial charge in [0.15, 0.2) is 17.3 Å². The SMILES string of the molecule is CCN(CC)c1ccc([C@@H]2C3=C(C[C@@H](c4cccs4)CC3=O)Nc3cc(OC)c(OC)cc32)cc1. The van der Waals surface area contributed by atoms with Crippen LogP contribution in [0, 0.1) is 0 Å². The van der Waals surface area contributed by atoms with E-state index in [1.54, 1.807) is 25.6 Å². The number of nitrogens with one attached hydrogen (secondary N) is 1. The zero-order valence-corrected chi connectivity index (χ0v) is 21.6. The molecule has 0 saturated carbocycles. The molecular formula is C29H32N2O3S. The maximum absolute atomic E-state index is 13.7. The van der Waals surface area contributed by atoms with Gasteiger partial charge in [0.25, 0.3) is 0 Å². The van der Waals surface area contributed by atoms with Crippen LogP contribution in [0.15, 0.2) is 65.2 Å². The van der Waals surface area contributed by atoms with E-state index in [0.717, 1.165) is 47.6 Å². The summed E-state index contributed by atoms with van der Waals surface area (Å²) in [7, 11) is 3.30. The molecule has 2 atom stereocenters. The number of ether oxygens (including phenoxy) is 2. The lowest BCUT2D eigenvalue weighted by Crippen LogP contribution is -2.29. The molecule has 0 spiro atoms. The zero-order valence-electron chi connectivity index (χ0n) is 20.8. The molecule has 0 fully saturated rings. The highest BCUT2D eigenvalue weighted by molar-refractivity contribution is 7.10. The molecule has 2 aromatic carbocycles. The fourth-order valence-corrected chi connectivity index (χ4v) is 6.31. The summed E-state index contributed by atoms with van der Waals surface area (Å²) in [5, 5.41) is 5.70. The molecule has 1 aromatic heterocycles. The molecule has 0 unspecified atom stereocenters. The van der Waals surface area contributed by atoms with E-state index in [2.05, 4.69) is 65.8 Å². The van der Waals surface area contributed by atoms with Crippen molar-refractivity contribution in [3.63, 3.8) is 0 Å². The molecule has 35 heavy (non-hydrogen) atoms. The Morgan fingerprint density at radius 2 is 1.71 bits per heavy atom. The molecule has 0 amide bonds. The summed E-state index contributed by atoms with van der Waals surface area (Å²) >= 11 is 1.73. The van der Waals surface area contributed by atoms with Crippen molar-refractivity contribution in [1.29, 1.82) is 0 Å². The van der Waals surface area contributed by atoms with Gasteiger partial charge in [0.05, 0.1) is 14.2 Å². The number of hydrogen-bond donors (Lipinski definition) is 1. The van der Waals surface area contributed by atoms with E-state index in [4.69, 9.17) is 9.47 Å². The van der Waals surface area contributed by atoms with Crippen molar-refractivity contribution in [3.8, 4) is 11.5 Å². The first kappa shape index (κ1) is 23.5. The third-order valence-corrected chi connectivity index (χ3v) is 8.28. The molecule has 5 rings (SSSR count). The Bertz CT molecular complexity index is 1240. The van der Waals surface area contributed by atoms with Gasteiger partial charge >= 0.3 is 0 Å². The summed E-state index contributed by atoms with van der Waals surface area (Å²) in [4.78, 5) is 17.3. The van der Waals surface area contributed by atoms with Gasteiger partial charge in [-0.25, -0.2) is 0 Å². The van der Waals surface area contributed by atoms with Gasteiger partial charge in [-0.15, -0.1) is 11.3 Å². The smallest absolute Gasteiger partial charge is 0.162 e. The highest BCUT2D eigenvalue weighted by atomic mass is 32.1. The number of benzene rings is 2. The van der Waals surface area contributed by atoms with Crippen molar-refractivity contribution in [3.05, 3.63) is 81.2 Å². The number of rotatable bonds is 7. The highest BCUT2D eigenvalue weighted by Crippen LogP contribution is 2.50. The molecule has 1 aliphatic carbocycles. The maximum Gasteiger partial charge on any atom is 0.162 e. The Labute approximate surface area is 211 Å². The minimum Gasteiger partial charge on any atom is -0.493 e. The van der Waals surface area contributed by atoms with Crippen LogP contribution in [0.5, 0.6) is 11.5 Å². The van der Waals surface area contributed by atoms with E-state index in [1.165, 1.54) is 10.6 Å². The van der Waals surface area contributed by atoms with Gasteiger partial charge in [-0.3, -0.25) is 4.79 Å². The van der Waals surface area contributed by atoms with Gasteiger partial charge < -0.3 is 19.7 Å². The van der Waals surface area contributed by atoms with E-state index >= 15 is 0 Å². The second-order valence-corrected chi connectivity index (χ2v) is 10.0. The third-order valence-electron chi connectivity index (χ3n) is 7.25. The average Bonchev–Trinajstić information content (AvgIpc) is 3.43. The predicted molar refractivity (Wildman–Crippen MR) is 143 cm³/mol. The van der Waals surface area contributed by atoms with E-state index in [-0.39, 0.29) is 17.6 Å². The van der Waals surface area contributed by atoms with E-state index < -0.39 is 0 Å². The molecule has 2 heterocycles. The first-order valence-corrected chi connectivity index (χ1v) is 13.1. The number of carbonyl (C=O) groups is 1. The number of thiophene rings is 1. The Hall–Kier alpha value is -3.25. The quantitative estimate of drug-likeness (QED) is 0.408. The molecule has 2 aliphatic rings. The standard InChI is InChI=1S/C29H32N2O3S/c1-5-31(6-2)20-11-9-18(10-12-20)28-21-16-25(33-3)26(34-4)17-22(21)30-23-14-19(15-24(32)29(23)28)27-8-7-13-35-27/h7-13,16-17,19,28,30H,5-6,14-15H2,1-4H3/t19-,28+/m1/s1. The molecule has 0 bridgehead atoms. The second kappa shape index (κ2) is 9.78. The molecular weight excluding hydrogens is 456 g/mol. The van der Waals surface area contributed by atoms with Crippen molar-refractivity contribution in [2.75, 3.05) is 37.5 Å². The van der Waals surface area contributed by atoms with Crippen LogP contribution < -0.4 is 19.7 Å². The molecule has 1 aliphatic heterocycles. The number of nitrogens with zero attached hydrogens (tertiary/aromatic N) is 1. The van der Waals surface area contributed by atoms with Gasteiger partial charge in [-0.1, -0.05) is 18.2 Å². The number of allylic oxidation sites excluding steroid dienone is 2. The second-order valence-electron chi connectivity index (χ2n) is 9.05. The number of ketones is 1. The zero-order chi connectivity index (χ0) is 24.5. The Balaban J connectivity index is 1.63. The van der Waals surface area contributed by atoms with Crippen molar-refractivity contribution in [2.24, 2.45) is 0 Å². The van der Waals surface area contributed by atoms with Crippen LogP contribution in [0.2, 0.25) is 0 Å². The van der Waals surface area contributed by atoms with E-state index in [1.807, 2.05) is 12.1 Å². The summed E-state index contributed by atoms with van der Waals surface area (Å²) in [5.41, 5.74) is 6.23. The van der Waals surface area contributed by atoms with Gasteiger partial charge in [0.1, 0.15) is 0 Å². The Morgan fingerprint density at radius 3 is 2.34 bits per heavy atom. The monoisotopic (exact) mass is 488 g/mol. The molecule has 5 nitrogen and oxygen atoms in total. The van der Waals surface area contributed by atoms with Crippen molar-refractivity contribution in [1.82, 2.24) is 0 Å². The van der Waals surface area contributed by atoms with Gasteiger partial charge in [-0.05, 0) is 61.0 Å². The lowest BCUT2D eigenvalue weighted by atomic mass is 9.73.